The lowest BCUT2D eigenvalue weighted by molar-refractivity contribution is 0.0744. The van der Waals surface area contributed by atoms with Gasteiger partial charge in [-0.25, -0.2) is 9.37 Å². The maximum atomic E-state index is 14.9. The van der Waals surface area contributed by atoms with Crippen LogP contribution < -0.4 is 4.90 Å². The van der Waals surface area contributed by atoms with E-state index >= 15 is 0 Å². The third-order valence-corrected chi connectivity index (χ3v) is 5.74. The second-order valence-corrected chi connectivity index (χ2v) is 9.42. The molecule has 1 aliphatic heterocycles. The average Bonchev–Trinajstić information content (AvgIpc) is 3.46. The molecule has 1 aromatic carbocycles. The normalized spacial score (nSPS) is 14.7. The van der Waals surface area contributed by atoms with Gasteiger partial charge in [-0.05, 0) is 37.3 Å². The van der Waals surface area contributed by atoms with Crippen molar-refractivity contribution >= 4 is 23.2 Å². The Labute approximate surface area is 195 Å². The smallest absolute Gasteiger partial charge is 0.300 e. The molecule has 0 atom stereocenters. The van der Waals surface area contributed by atoms with Gasteiger partial charge < -0.3 is 18.7 Å². The molecule has 1 amide bonds. The summed E-state index contributed by atoms with van der Waals surface area (Å²) in [6, 6.07) is 8.56. The zero-order valence-electron chi connectivity index (χ0n) is 19.5. The Hall–Kier alpha value is -3.82. The number of carbonyl (C=O) groups is 1. The Bertz CT molecular complexity index is 1360. The van der Waals surface area contributed by atoms with Gasteiger partial charge >= 0.3 is 0 Å². The van der Waals surface area contributed by atoms with Gasteiger partial charge in [-0.3, -0.25) is 4.79 Å². The number of hydrogen-bond donors (Lipinski definition) is 0. The first-order chi connectivity index (χ1) is 16.2. The molecule has 3 aromatic heterocycles. The van der Waals surface area contributed by atoms with Gasteiger partial charge in [0.25, 0.3) is 11.9 Å². The summed E-state index contributed by atoms with van der Waals surface area (Å²) >= 11 is 0. The summed E-state index contributed by atoms with van der Waals surface area (Å²) in [5.41, 5.74) is 2.20. The van der Waals surface area contributed by atoms with Crippen molar-refractivity contribution in [2.24, 2.45) is 0 Å². The van der Waals surface area contributed by atoms with Crippen LogP contribution in [0, 0.1) is 12.7 Å². The Balaban J connectivity index is 1.27. The van der Waals surface area contributed by atoms with Crippen molar-refractivity contribution in [1.29, 1.82) is 0 Å². The van der Waals surface area contributed by atoms with Crippen molar-refractivity contribution in [3.63, 3.8) is 0 Å². The number of aryl methyl sites for hydroxylation is 1. The Kier molecular flexibility index (Phi) is 5.30. The zero-order chi connectivity index (χ0) is 24.0. The molecule has 10 heteroatoms. The number of rotatable bonds is 3. The number of amides is 1. The van der Waals surface area contributed by atoms with Gasteiger partial charge in [0.05, 0.1) is 5.56 Å². The minimum absolute atomic E-state index is 0.165. The number of nitrogens with zero attached hydrogens (tertiary/aromatic N) is 6. The molecule has 0 spiro atoms. The first kappa shape index (κ1) is 22.0. The third-order valence-electron chi connectivity index (χ3n) is 5.74. The molecule has 4 aromatic rings. The summed E-state index contributed by atoms with van der Waals surface area (Å²) < 4.78 is 25.9. The van der Waals surface area contributed by atoms with Crippen LogP contribution in [0.1, 0.15) is 42.7 Å². The highest BCUT2D eigenvalue weighted by Crippen LogP contribution is 2.27. The summed E-state index contributed by atoms with van der Waals surface area (Å²) in [5, 5.41) is 3.89. The average molecular weight is 465 g/mol. The quantitative estimate of drug-likeness (QED) is 0.449. The fourth-order valence-electron chi connectivity index (χ4n) is 3.79. The standard InChI is InChI=1S/C24H25FN6O3/c1-14-5-8-18-20(26-14)28-23(33-18)31-11-9-30(10-12-31)21(32)15-6-7-16(17(25)13-15)19-27-22(34-29-19)24(2,3)4/h5-8,13H,9-12H2,1-4H3. The van der Waals surface area contributed by atoms with E-state index in [0.29, 0.717) is 49.3 Å². The summed E-state index contributed by atoms with van der Waals surface area (Å²) in [6.07, 6.45) is 0. The van der Waals surface area contributed by atoms with Crippen LogP contribution in [0.15, 0.2) is 39.3 Å². The predicted octanol–water partition coefficient (Wildman–Crippen LogP) is 3.98. The molecule has 0 saturated carbocycles. The lowest BCUT2D eigenvalue weighted by Gasteiger charge is -2.33. The number of pyridine rings is 1. The molecule has 0 bridgehead atoms. The van der Waals surface area contributed by atoms with E-state index < -0.39 is 5.82 Å². The van der Waals surface area contributed by atoms with Gasteiger partial charge in [0.1, 0.15) is 5.82 Å². The molecule has 0 N–H and O–H groups in total. The molecular formula is C24H25FN6O3. The van der Waals surface area contributed by atoms with Gasteiger partial charge in [-0.2, -0.15) is 9.97 Å². The highest BCUT2D eigenvalue weighted by atomic mass is 19.1. The SMILES string of the molecule is Cc1ccc2oc(N3CCN(C(=O)c4ccc(-c5noc(C(C)(C)C)n5)c(F)c4)CC3)nc2n1. The van der Waals surface area contributed by atoms with Gasteiger partial charge in [-0.15, -0.1) is 0 Å². The first-order valence-electron chi connectivity index (χ1n) is 11.1. The van der Waals surface area contributed by atoms with Crippen LogP contribution in [0.3, 0.4) is 0 Å². The fourth-order valence-corrected chi connectivity index (χ4v) is 3.79. The lowest BCUT2D eigenvalue weighted by Crippen LogP contribution is -2.49. The lowest BCUT2D eigenvalue weighted by atomic mass is 9.97. The van der Waals surface area contributed by atoms with Gasteiger partial charge in [-0.1, -0.05) is 25.9 Å². The molecule has 0 aliphatic carbocycles. The number of carbonyl (C=O) groups excluding carboxylic acids is 1. The number of fused-ring (bicyclic) bond motifs is 1. The van der Waals surface area contributed by atoms with Crippen LogP contribution in [0.2, 0.25) is 0 Å². The highest BCUT2D eigenvalue weighted by Gasteiger charge is 2.27. The maximum Gasteiger partial charge on any atom is 0.300 e. The van der Waals surface area contributed by atoms with Crippen molar-refractivity contribution in [2.75, 3.05) is 31.1 Å². The summed E-state index contributed by atoms with van der Waals surface area (Å²) in [5.74, 6) is -0.216. The molecule has 0 radical (unpaired) electrons. The zero-order valence-corrected chi connectivity index (χ0v) is 19.5. The molecule has 4 heterocycles. The highest BCUT2D eigenvalue weighted by molar-refractivity contribution is 5.94. The minimum Gasteiger partial charge on any atom is -0.422 e. The number of aromatic nitrogens is 4. The Morgan fingerprint density at radius 2 is 1.79 bits per heavy atom. The van der Waals surface area contributed by atoms with Crippen molar-refractivity contribution in [3.8, 4) is 11.4 Å². The molecule has 1 fully saturated rings. The van der Waals surface area contributed by atoms with E-state index in [1.807, 2.05) is 44.7 Å². The number of piperazine rings is 1. The van der Waals surface area contributed by atoms with Crippen LogP contribution in [0.4, 0.5) is 10.4 Å². The number of hydrogen-bond acceptors (Lipinski definition) is 8. The minimum atomic E-state index is -0.569. The van der Waals surface area contributed by atoms with E-state index in [0.717, 1.165) is 5.69 Å². The van der Waals surface area contributed by atoms with Crippen LogP contribution in [-0.2, 0) is 5.41 Å². The molecule has 1 saturated heterocycles. The van der Waals surface area contributed by atoms with Crippen molar-refractivity contribution in [3.05, 3.63) is 53.3 Å². The Morgan fingerprint density at radius 1 is 1.03 bits per heavy atom. The van der Waals surface area contributed by atoms with Gasteiger partial charge in [0, 0.05) is 42.9 Å². The monoisotopic (exact) mass is 464 g/mol. The van der Waals surface area contributed by atoms with E-state index in [2.05, 4.69) is 20.1 Å². The number of anilines is 1. The van der Waals surface area contributed by atoms with Gasteiger partial charge in [0.2, 0.25) is 17.4 Å². The van der Waals surface area contributed by atoms with E-state index in [-0.39, 0.29) is 28.3 Å². The molecule has 5 rings (SSSR count). The van der Waals surface area contributed by atoms with Crippen LogP contribution in [0.25, 0.3) is 22.6 Å². The van der Waals surface area contributed by atoms with Crippen LogP contribution in [-0.4, -0.2) is 57.1 Å². The van der Waals surface area contributed by atoms with Crippen LogP contribution >= 0.6 is 0 Å². The second-order valence-electron chi connectivity index (χ2n) is 9.42. The van der Waals surface area contributed by atoms with E-state index in [1.165, 1.54) is 12.1 Å². The molecule has 34 heavy (non-hydrogen) atoms. The van der Waals surface area contributed by atoms with Crippen molar-refractivity contribution in [1.82, 2.24) is 25.0 Å². The fraction of sp³-hybridized carbons (Fsp3) is 0.375. The van der Waals surface area contributed by atoms with Crippen molar-refractivity contribution in [2.45, 2.75) is 33.1 Å². The summed E-state index contributed by atoms with van der Waals surface area (Å²) in [7, 11) is 0. The van der Waals surface area contributed by atoms with Crippen molar-refractivity contribution < 1.29 is 18.1 Å². The van der Waals surface area contributed by atoms with E-state index in [4.69, 9.17) is 8.94 Å². The number of oxazole rings is 1. The van der Waals surface area contributed by atoms with E-state index in [9.17, 15) is 9.18 Å². The summed E-state index contributed by atoms with van der Waals surface area (Å²) in [6.45, 7) is 9.74. The molecule has 9 nitrogen and oxygen atoms in total. The predicted molar refractivity (Wildman–Crippen MR) is 123 cm³/mol. The van der Waals surface area contributed by atoms with Crippen LogP contribution in [0.5, 0.6) is 0 Å². The molecular weight excluding hydrogens is 439 g/mol. The topological polar surface area (TPSA) is 101 Å². The molecule has 1 aliphatic rings. The maximum absolute atomic E-state index is 14.9. The van der Waals surface area contributed by atoms with E-state index in [1.54, 1.807) is 11.0 Å². The number of benzene rings is 1. The third kappa shape index (κ3) is 4.11. The Morgan fingerprint density at radius 3 is 2.47 bits per heavy atom. The first-order valence-corrected chi connectivity index (χ1v) is 11.1. The molecule has 176 valence electrons. The number of halogens is 1. The van der Waals surface area contributed by atoms with Gasteiger partial charge in [0.15, 0.2) is 5.58 Å². The summed E-state index contributed by atoms with van der Waals surface area (Å²) in [4.78, 5) is 29.8. The largest absolute Gasteiger partial charge is 0.422 e. The molecule has 0 unspecified atom stereocenters. The second kappa shape index (κ2) is 8.19.